The first kappa shape index (κ1) is 12.8. The molecule has 96 valence electrons. The van der Waals surface area contributed by atoms with Crippen LogP contribution >= 0.6 is 0 Å². The largest absolute Gasteiger partial charge is 0.271 e. The maximum atomic E-state index is 5.68. The van der Waals surface area contributed by atoms with Gasteiger partial charge in [-0.05, 0) is 31.9 Å². The Bertz CT molecular complexity index is 530. The Hall–Kier alpha value is -1.65. The van der Waals surface area contributed by atoms with Crippen LogP contribution < -0.4 is 11.3 Å². The molecule has 0 saturated heterocycles. The Labute approximate surface area is 108 Å². The van der Waals surface area contributed by atoms with Gasteiger partial charge in [0.1, 0.15) is 0 Å². The normalized spacial score (nSPS) is 12.7. The Morgan fingerprint density at radius 1 is 1.33 bits per heavy atom. The number of hydrogen-bond acceptors (Lipinski definition) is 3. The smallest absolute Gasteiger partial charge is 0.0669 e. The number of nitrogens with one attached hydrogen (secondary N) is 1. The molecule has 1 atom stereocenters. The van der Waals surface area contributed by atoms with Gasteiger partial charge in [0.15, 0.2) is 0 Å². The molecule has 0 aliphatic carbocycles. The van der Waals surface area contributed by atoms with Crippen molar-refractivity contribution in [3.05, 3.63) is 52.8 Å². The van der Waals surface area contributed by atoms with Crippen molar-refractivity contribution >= 4 is 0 Å². The summed E-state index contributed by atoms with van der Waals surface area (Å²) in [4.78, 5) is 0. The first-order chi connectivity index (χ1) is 8.60. The summed E-state index contributed by atoms with van der Waals surface area (Å²) in [7, 11) is 1.95. The van der Waals surface area contributed by atoms with Gasteiger partial charge in [0.2, 0.25) is 0 Å². The second-order valence-corrected chi connectivity index (χ2v) is 4.75. The average molecular weight is 244 g/mol. The van der Waals surface area contributed by atoms with Gasteiger partial charge in [-0.2, -0.15) is 5.10 Å². The quantitative estimate of drug-likeness (QED) is 0.637. The molecule has 4 heteroatoms. The third kappa shape index (κ3) is 2.78. The second-order valence-electron chi connectivity index (χ2n) is 4.75. The van der Waals surface area contributed by atoms with Gasteiger partial charge in [0, 0.05) is 7.05 Å². The molecule has 0 bridgehead atoms. The summed E-state index contributed by atoms with van der Waals surface area (Å²) in [5.74, 6) is 5.68. The molecular weight excluding hydrogens is 224 g/mol. The van der Waals surface area contributed by atoms with E-state index < -0.39 is 0 Å². The fourth-order valence-corrected chi connectivity index (χ4v) is 2.28. The summed E-state index contributed by atoms with van der Waals surface area (Å²) in [6.45, 7) is 4.09. The van der Waals surface area contributed by atoms with Crippen LogP contribution in [0.2, 0.25) is 0 Å². The predicted octanol–water partition coefficient (Wildman–Crippen LogP) is 1.78. The van der Waals surface area contributed by atoms with Crippen molar-refractivity contribution in [3.8, 4) is 0 Å². The molecule has 1 heterocycles. The van der Waals surface area contributed by atoms with Crippen molar-refractivity contribution in [2.24, 2.45) is 12.9 Å². The Kier molecular flexibility index (Phi) is 3.79. The minimum Gasteiger partial charge on any atom is -0.271 e. The molecule has 0 aliphatic heterocycles. The lowest BCUT2D eigenvalue weighted by Gasteiger charge is -2.16. The van der Waals surface area contributed by atoms with Crippen LogP contribution in [0.25, 0.3) is 0 Å². The zero-order chi connectivity index (χ0) is 13.1. The van der Waals surface area contributed by atoms with E-state index in [1.54, 1.807) is 0 Å². The van der Waals surface area contributed by atoms with Crippen molar-refractivity contribution in [3.63, 3.8) is 0 Å². The molecule has 0 fully saturated rings. The third-order valence-corrected chi connectivity index (χ3v) is 3.12. The topological polar surface area (TPSA) is 55.9 Å². The van der Waals surface area contributed by atoms with Crippen molar-refractivity contribution in [1.29, 1.82) is 0 Å². The Morgan fingerprint density at radius 2 is 2.11 bits per heavy atom. The maximum absolute atomic E-state index is 5.68. The summed E-state index contributed by atoms with van der Waals surface area (Å²) in [6.07, 6.45) is 0.858. The van der Waals surface area contributed by atoms with Crippen molar-refractivity contribution in [2.75, 3.05) is 0 Å². The molecular formula is C14H20N4. The highest BCUT2D eigenvalue weighted by Gasteiger charge is 2.15. The van der Waals surface area contributed by atoms with E-state index in [1.165, 1.54) is 11.1 Å². The highest BCUT2D eigenvalue weighted by Crippen LogP contribution is 2.18. The number of hydrazine groups is 1. The summed E-state index contributed by atoms with van der Waals surface area (Å²) in [5.41, 5.74) is 7.54. The molecule has 3 N–H and O–H groups in total. The Morgan fingerprint density at radius 3 is 2.67 bits per heavy atom. The van der Waals surface area contributed by atoms with Crippen LogP contribution in [0.3, 0.4) is 0 Å². The van der Waals surface area contributed by atoms with E-state index in [9.17, 15) is 0 Å². The lowest BCUT2D eigenvalue weighted by atomic mass is 10.0. The molecule has 18 heavy (non-hydrogen) atoms. The van der Waals surface area contributed by atoms with E-state index in [2.05, 4.69) is 47.8 Å². The van der Waals surface area contributed by atoms with Gasteiger partial charge >= 0.3 is 0 Å². The van der Waals surface area contributed by atoms with Crippen molar-refractivity contribution in [1.82, 2.24) is 15.2 Å². The molecule has 4 nitrogen and oxygen atoms in total. The number of benzene rings is 1. The third-order valence-electron chi connectivity index (χ3n) is 3.12. The van der Waals surface area contributed by atoms with Crippen LogP contribution in [0, 0.1) is 13.8 Å². The van der Waals surface area contributed by atoms with Crippen LogP contribution in [-0.2, 0) is 13.5 Å². The second kappa shape index (κ2) is 5.33. The fraction of sp³-hybridized carbons (Fsp3) is 0.357. The molecule has 0 aliphatic rings. The van der Waals surface area contributed by atoms with Crippen LogP contribution in [-0.4, -0.2) is 9.78 Å². The SMILES string of the molecule is Cc1cccc(CC(NN)c2cc(C)nn2C)c1. The van der Waals surface area contributed by atoms with Crippen LogP contribution in [0.1, 0.15) is 28.6 Å². The maximum Gasteiger partial charge on any atom is 0.0669 e. The van der Waals surface area contributed by atoms with Gasteiger partial charge in [-0.1, -0.05) is 29.8 Å². The van der Waals surface area contributed by atoms with E-state index in [-0.39, 0.29) is 6.04 Å². The number of nitrogens with two attached hydrogens (primary N) is 1. The van der Waals surface area contributed by atoms with Crippen LogP contribution in [0.15, 0.2) is 30.3 Å². The summed E-state index contributed by atoms with van der Waals surface area (Å²) < 4.78 is 1.88. The molecule has 1 unspecified atom stereocenters. The first-order valence-corrected chi connectivity index (χ1v) is 6.12. The minimum absolute atomic E-state index is 0.0815. The van der Waals surface area contributed by atoms with Gasteiger partial charge in [0.05, 0.1) is 17.4 Å². The molecule has 1 aromatic carbocycles. The number of hydrogen-bond donors (Lipinski definition) is 2. The van der Waals surface area contributed by atoms with Gasteiger partial charge in [-0.15, -0.1) is 0 Å². The average Bonchev–Trinajstić information content (AvgIpc) is 2.65. The van der Waals surface area contributed by atoms with Gasteiger partial charge < -0.3 is 0 Å². The molecule has 0 spiro atoms. The minimum atomic E-state index is 0.0815. The van der Waals surface area contributed by atoms with Gasteiger partial charge in [-0.25, -0.2) is 0 Å². The summed E-state index contributed by atoms with van der Waals surface area (Å²) in [6, 6.07) is 10.6. The first-order valence-electron chi connectivity index (χ1n) is 6.12. The monoisotopic (exact) mass is 244 g/mol. The van der Waals surface area contributed by atoms with E-state index in [4.69, 9.17) is 5.84 Å². The number of rotatable bonds is 4. The molecule has 2 aromatic rings. The summed E-state index contributed by atoms with van der Waals surface area (Å²) in [5, 5.41) is 4.36. The predicted molar refractivity (Wildman–Crippen MR) is 72.9 cm³/mol. The highest BCUT2D eigenvalue weighted by atomic mass is 15.3. The van der Waals surface area contributed by atoms with E-state index >= 15 is 0 Å². The van der Waals surface area contributed by atoms with E-state index in [0.717, 1.165) is 17.8 Å². The lowest BCUT2D eigenvalue weighted by molar-refractivity contribution is 0.508. The van der Waals surface area contributed by atoms with Gasteiger partial charge in [-0.3, -0.25) is 16.0 Å². The molecule has 0 amide bonds. The fourth-order valence-electron chi connectivity index (χ4n) is 2.28. The van der Waals surface area contributed by atoms with Crippen molar-refractivity contribution < 1.29 is 0 Å². The zero-order valence-electron chi connectivity index (χ0n) is 11.1. The number of aromatic nitrogens is 2. The van der Waals surface area contributed by atoms with Crippen LogP contribution in [0.4, 0.5) is 0 Å². The standard InChI is InChI=1S/C14H20N4/c1-10-5-4-6-12(7-10)9-13(16-15)14-8-11(2)17-18(14)3/h4-8,13,16H,9,15H2,1-3H3. The van der Waals surface area contributed by atoms with E-state index in [0.29, 0.717) is 0 Å². The number of aryl methyl sites for hydroxylation is 3. The molecule has 2 rings (SSSR count). The molecule has 0 radical (unpaired) electrons. The molecule has 1 aromatic heterocycles. The molecule has 0 saturated carbocycles. The Balaban J connectivity index is 2.22. The van der Waals surface area contributed by atoms with Crippen molar-refractivity contribution in [2.45, 2.75) is 26.3 Å². The van der Waals surface area contributed by atoms with Crippen LogP contribution in [0.5, 0.6) is 0 Å². The lowest BCUT2D eigenvalue weighted by Crippen LogP contribution is -2.31. The van der Waals surface area contributed by atoms with Gasteiger partial charge in [0.25, 0.3) is 0 Å². The zero-order valence-corrected chi connectivity index (χ0v) is 11.1. The highest BCUT2D eigenvalue weighted by molar-refractivity contribution is 5.25. The summed E-state index contributed by atoms with van der Waals surface area (Å²) >= 11 is 0. The number of nitrogens with zero attached hydrogens (tertiary/aromatic N) is 2. The van der Waals surface area contributed by atoms with E-state index in [1.807, 2.05) is 18.7 Å².